The van der Waals surface area contributed by atoms with Crippen LogP contribution in [-0.4, -0.2) is 10.2 Å². The normalized spacial score (nSPS) is 17.2. The van der Waals surface area contributed by atoms with Crippen LogP contribution in [0.25, 0.3) is 0 Å². The first kappa shape index (κ1) is 6.70. The number of nitrogens with one attached hydrogen (secondary N) is 1. The van der Waals surface area contributed by atoms with Gasteiger partial charge in [0.05, 0.1) is 0 Å². The number of rotatable bonds is 2. The second-order valence-electron chi connectivity index (χ2n) is 3.36. The zero-order chi connectivity index (χ0) is 7.84. The highest BCUT2D eigenvalue weighted by atomic mass is 15.2. The van der Waals surface area contributed by atoms with E-state index in [2.05, 4.69) is 10.2 Å². The first-order chi connectivity index (χ1) is 5.27. The molecule has 0 amide bonds. The van der Waals surface area contributed by atoms with Gasteiger partial charge in [0.15, 0.2) is 0 Å². The van der Waals surface area contributed by atoms with Crippen molar-refractivity contribution in [3.05, 3.63) is 11.3 Å². The van der Waals surface area contributed by atoms with E-state index in [1.807, 2.05) is 6.92 Å². The Morgan fingerprint density at radius 1 is 1.64 bits per heavy atom. The molecule has 0 atom stereocenters. The van der Waals surface area contributed by atoms with Crippen molar-refractivity contribution in [2.24, 2.45) is 5.92 Å². The number of nitrogen functional groups attached to an aromatic ring is 1. The van der Waals surface area contributed by atoms with Gasteiger partial charge in [-0.05, 0) is 32.1 Å². The lowest BCUT2D eigenvalue weighted by molar-refractivity contribution is 0.792. The molecule has 0 bridgehead atoms. The van der Waals surface area contributed by atoms with Crippen LogP contribution >= 0.6 is 0 Å². The number of anilines is 1. The van der Waals surface area contributed by atoms with Gasteiger partial charge in [-0.25, -0.2) is 0 Å². The molecule has 1 fully saturated rings. The summed E-state index contributed by atoms with van der Waals surface area (Å²) in [5.41, 5.74) is 7.96. The molecule has 11 heavy (non-hydrogen) atoms. The van der Waals surface area contributed by atoms with Crippen LogP contribution in [0.4, 0.5) is 5.82 Å². The summed E-state index contributed by atoms with van der Waals surface area (Å²) < 4.78 is 0. The van der Waals surface area contributed by atoms with Crippen molar-refractivity contribution >= 4 is 5.82 Å². The molecule has 1 aromatic heterocycles. The molecule has 0 aromatic carbocycles. The molecule has 3 heteroatoms. The summed E-state index contributed by atoms with van der Waals surface area (Å²) in [5.74, 6) is 1.55. The van der Waals surface area contributed by atoms with Crippen molar-refractivity contribution in [1.29, 1.82) is 0 Å². The van der Waals surface area contributed by atoms with Crippen molar-refractivity contribution in [3.63, 3.8) is 0 Å². The number of hydrogen-bond donors (Lipinski definition) is 2. The average molecular weight is 151 g/mol. The molecule has 1 aliphatic rings. The summed E-state index contributed by atoms with van der Waals surface area (Å²) in [6.45, 7) is 2.02. The Morgan fingerprint density at radius 3 is 2.82 bits per heavy atom. The second-order valence-corrected chi connectivity index (χ2v) is 3.36. The molecule has 0 spiro atoms. The molecule has 3 N–H and O–H groups in total. The minimum absolute atomic E-state index is 0.653. The van der Waals surface area contributed by atoms with E-state index in [-0.39, 0.29) is 0 Å². The fourth-order valence-electron chi connectivity index (χ4n) is 1.26. The molecule has 0 radical (unpaired) electrons. The van der Waals surface area contributed by atoms with Crippen LogP contribution < -0.4 is 5.73 Å². The first-order valence-corrected chi connectivity index (χ1v) is 4.06. The Morgan fingerprint density at radius 2 is 2.36 bits per heavy atom. The first-order valence-electron chi connectivity index (χ1n) is 4.06. The lowest BCUT2D eigenvalue weighted by atomic mass is 10.1. The lowest BCUT2D eigenvalue weighted by Crippen LogP contribution is -1.90. The highest BCUT2D eigenvalue weighted by Crippen LogP contribution is 2.33. The van der Waals surface area contributed by atoms with E-state index in [0.29, 0.717) is 5.82 Å². The Hall–Kier alpha value is -0.990. The minimum Gasteiger partial charge on any atom is -0.382 e. The molecule has 60 valence electrons. The smallest absolute Gasteiger partial charge is 0.148 e. The topological polar surface area (TPSA) is 54.7 Å². The van der Waals surface area contributed by atoms with Gasteiger partial charge in [0, 0.05) is 11.3 Å². The molecule has 2 rings (SSSR count). The molecular formula is C8H13N3. The largest absolute Gasteiger partial charge is 0.382 e. The van der Waals surface area contributed by atoms with Crippen LogP contribution in [0.5, 0.6) is 0 Å². The molecule has 0 saturated heterocycles. The lowest BCUT2D eigenvalue weighted by Gasteiger charge is -1.94. The van der Waals surface area contributed by atoms with Crippen LogP contribution in [0.3, 0.4) is 0 Å². The summed E-state index contributed by atoms with van der Waals surface area (Å²) in [4.78, 5) is 0. The van der Waals surface area contributed by atoms with Crippen molar-refractivity contribution < 1.29 is 0 Å². The van der Waals surface area contributed by atoms with E-state index in [1.165, 1.54) is 18.5 Å². The average Bonchev–Trinajstić information content (AvgIpc) is 2.74. The maximum atomic E-state index is 5.59. The highest BCUT2D eigenvalue weighted by molar-refractivity contribution is 5.40. The Balaban J connectivity index is 2.15. The van der Waals surface area contributed by atoms with Gasteiger partial charge in [-0.1, -0.05) is 0 Å². The van der Waals surface area contributed by atoms with E-state index in [1.54, 1.807) is 0 Å². The summed E-state index contributed by atoms with van der Waals surface area (Å²) in [6, 6.07) is 0. The van der Waals surface area contributed by atoms with Gasteiger partial charge < -0.3 is 5.73 Å². The Kier molecular flexibility index (Phi) is 1.37. The number of aromatic nitrogens is 2. The highest BCUT2D eigenvalue weighted by Gasteiger charge is 2.23. The predicted molar refractivity (Wildman–Crippen MR) is 44.2 cm³/mol. The summed E-state index contributed by atoms with van der Waals surface area (Å²) in [6.07, 6.45) is 3.88. The fourth-order valence-corrected chi connectivity index (χ4v) is 1.26. The van der Waals surface area contributed by atoms with Crippen LogP contribution in [0, 0.1) is 12.8 Å². The standard InChI is InChI=1S/C8H13N3/c1-5-7(4-6-2-3-6)10-11-8(5)9/h6H,2-4H2,1H3,(H3,9,10,11). The third-order valence-electron chi connectivity index (χ3n) is 2.34. The third-order valence-corrected chi connectivity index (χ3v) is 2.34. The Bertz CT molecular complexity index is 260. The zero-order valence-corrected chi connectivity index (χ0v) is 6.72. The molecule has 1 aromatic rings. The van der Waals surface area contributed by atoms with E-state index in [9.17, 15) is 0 Å². The number of hydrogen-bond acceptors (Lipinski definition) is 2. The third kappa shape index (κ3) is 1.23. The fraction of sp³-hybridized carbons (Fsp3) is 0.625. The quantitative estimate of drug-likeness (QED) is 0.668. The van der Waals surface area contributed by atoms with E-state index >= 15 is 0 Å². The summed E-state index contributed by atoms with van der Waals surface area (Å²) in [5, 5.41) is 6.92. The van der Waals surface area contributed by atoms with E-state index in [4.69, 9.17) is 5.73 Å². The molecule has 1 heterocycles. The van der Waals surface area contributed by atoms with Gasteiger partial charge in [0.1, 0.15) is 5.82 Å². The molecular weight excluding hydrogens is 138 g/mol. The summed E-state index contributed by atoms with van der Waals surface area (Å²) in [7, 11) is 0. The van der Waals surface area contributed by atoms with Gasteiger partial charge >= 0.3 is 0 Å². The van der Waals surface area contributed by atoms with Crippen molar-refractivity contribution in [1.82, 2.24) is 10.2 Å². The van der Waals surface area contributed by atoms with Gasteiger partial charge in [-0.2, -0.15) is 5.10 Å². The molecule has 0 unspecified atom stereocenters. The van der Waals surface area contributed by atoms with Crippen LogP contribution in [-0.2, 0) is 6.42 Å². The van der Waals surface area contributed by atoms with Crippen molar-refractivity contribution in [2.75, 3.05) is 5.73 Å². The number of H-pyrrole nitrogens is 1. The van der Waals surface area contributed by atoms with Crippen LogP contribution in [0.1, 0.15) is 24.1 Å². The van der Waals surface area contributed by atoms with E-state index < -0.39 is 0 Å². The zero-order valence-electron chi connectivity index (χ0n) is 6.72. The summed E-state index contributed by atoms with van der Waals surface area (Å²) >= 11 is 0. The SMILES string of the molecule is Cc1c(N)n[nH]c1CC1CC1. The number of nitrogens with zero attached hydrogens (tertiary/aromatic N) is 1. The number of aromatic amines is 1. The Labute approximate surface area is 66.0 Å². The van der Waals surface area contributed by atoms with Gasteiger partial charge in [-0.15, -0.1) is 0 Å². The van der Waals surface area contributed by atoms with Crippen LogP contribution in [0.2, 0.25) is 0 Å². The van der Waals surface area contributed by atoms with E-state index in [0.717, 1.165) is 17.9 Å². The predicted octanol–water partition coefficient (Wildman–Crippen LogP) is 1.25. The minimum atomic E-state index is 0.653. The molecule has 3 nitrogen and oxygen atoms in total. The van der Waals surface area contributed by atoms with Gasteiger partial charge in [-0.3, -0.25) is 5.10 Å². The second kappa shape index (κ2) is 2.26. The number of nitrogens with two attached hydrogens (primary N) is 1. The van der Waals surface area contributed by atoms with Gasteiger partial charge in [0.25, 0.3) is 0 Å². The van der Waals surface area contributed by atoms with Gasteiger partial charge in [0.2, 0.25) is 0 Å². The van der Waals surface area contributed by atoms with Crippen LogP contribution in [0.15, 0.2) is 0 Å². The monoisotopic (exact) mass is 151 g/mol. The van der Waals surface area contributed by atoms with Crippen molar-refractivity contribution in [3.8, 4) is 0 Å². The molecule has 0 aliphatic heterocycles. The maximum Gasteiger partial charge on any atom is 0.148 e. The molecule has 1 aliphatic carbocycles. The molecule has 1 saturated carbocycles. The maximum absolute atomic E-state index is 5.59. The van der Waals surface area contributed by atoms with Crippen molar-refractivity contribution in [2.45, 2.75) is 26.2 Å².